The predicted octanol–water partition coefficient (Wildman–Crippen LogP) is 6.22. The molecule has 8 nitrogen and oxygen atoms in total. The second kappa shape index (κ2) is 11.2. The average Bonchev–Trinajstić information content (AvgIpc) is 3.63. The van der Waals surface area contributed by atoms with Crippen molar-refractivity contribution >= 4 is 27.5 Å². The number of nitrogens with zero attached hydrogens (tertiary/aromatic N) is 5. The van der Waals surface area contributed by atoms with Gasteiger partial charge in [-0.25, -0.2) is 8.78 Å². The first-order valence-corrected chi connectivity index (χ1v) is 17.5. The van der Waals surface area contributed by atoms with Gasteiger partial charge in [0.2, 0.25) is 0 Å². The summed E-state index contributed by atoms with van der Waals surface area (Å²) in [6.45, 7) is 7.32. The zero-order chi connectivity index (χ0) is 31.9. The minimum absolute atomic E-state index is 0.0214. The summed E-state index contributed by atoms with van der Waals surface area (Å²) in [5, 5.41) is 16.0. The standard InChI is InChI=1S/C37H42F2N6O2/c1-2-27-30(38)8-5-23-12-26(46)13-28(31(23)27)33-32(39)34-29(14-40-33)35(45-17-24-6-7-25(18-45)41-24)43-36(42-34)47-20-37(9-10-37)19-44-15-21-3-4-22(11-21)16-44/h5,8,12-14,21-22,24-25,41,46H,2-4,6-7,9-11,15-20H2,1H3/t21?,22?,24-,25+. The van der Waals surface area contributed by atoms with Gasteiger partial charge in [0.05, 0.1) is 12.0 Å². The Hall–Kier alpha value is -3.63. The molecule has 2 N–H and O–H groups in total. The van der Waals surface area contributed by atoms with Gasteiger partial charge in [-0.15, -0.1) is 0 Å². The summed E-state index contributed by atoms with van der Waals surface area (Å²) in [5.41, 5.74) is 1.04. The molecule has 2 aliphatic carbocycles. The van der Waals surface area contributed by atoms with Crippen LogP contribution in [0.15, 0.2) is 30.5 Å². The molecule has 3 aliphatic heterocycles. The lowest BCUT2D eigenvalue weighted by atomic mass is 9.94. The number of anilines is 1. The van der Waals surface area contributed by atoms with E-state index in [9.17, 15) is 9.50 Å². The van der Waals surface area contributed by atoms with Gasteiger partial charge in [0, 0.05) is 62.0 Å². The van der Waals surface area contributed by atoms with E-state index in [1.165, 1.54) is 44.5 Å². The van der Waals surface area contributed by atoms with Crippen LogP contribution in [0, 0.1) is 28.9 Å². The number of ether oxygens (including phenoxy) is 1. The third kappa shape index (κ3) is 5.28. The predicted molar refractivity (Wildman–Crippen MR) is 178 cm³/mol. The number of aromatic hydroxyl groups is 1. The van der Waals surface area contributed by atoms with E-state index in [1.54, 1.807) is 18.3 Å². The lowest BCUT2D eigenvalue weighted by Crippen LogP contribution is -2.51. The molecule has 2 aromatic heterocycles. The van der Waals surface area contributed by atoms with Crippen molar-refractivity contribution in [3.63, 3.8) is 0 Å². The maximum atomic E-state index is 16.9. The SMILES string of the molecule is CCc1c(F)ccc2cc(O)cc(-c3ncc4c(N5C[C@H]6CC[C@@H](C5)N6)nc(OCC5(CN6CC7CCC(C7)C6)CC5)nc4c3F)c12. The van der Waals surface area contributed by atoms with Crippen molar-refractivity contribution < 1.29 is 18.6 Å². The van der Waals surface area contributed by atoms with Crippen LogP contribution in [0.3, 0.4) is 0 Å². The summed E-state index contributed by atoms with van der Waals surface area (Å²) in [5.74, 6) is 1.28. The molecule has 4 aromatic rings. The Kier molecular flexibility index (Phi) is 7.05. The van der Waals surface area contributed by atoms with Crippen molar-refractivity contribution in [3.05, 3.63) is 47.7 Å². The summed E-state index contributed by atoms with van der Waals surface area (Å²) < 4.78 is 38.3. The Bertz CT molecular complexity index is 1860. The Morgan fingerprint density at radius 2 is 1.77 bits per heavy atom. The highest BCUT2D eigenvalue weighted by Gasteiger charge is 2.47. The third-order valence-electron chi connectivity index (χ3n) is 11.6. The number of fused-ring (bicyclic) bond motifs is 6. The van der Waals surface area contributed by atoms with Crippen LogP contribution in [-0.4, -0.2) is 76.4 Å². The maximum absolute atomic E-state index is 16.9. The molecular weight excluding hydrogens is 598 g/mol. The second-order valence-electron chi connectivity index (χ2n) is 15.1. The molecular formula is C37H42F2N6O2. The van der Waals surface area contributed by atoms with Crippen molar-refractivity contribution in [2.75, 3.05) is 44.2 Å². The topological polar surface area (TPSA) is 86.6 Å². The molecule has 5 aliphatic rings. The summed E-state index contributed by atoms with van der Waals surface area (Å²) in [7, 11) is 0. The number of aryl methyl sites for hydroxylation is 1. The Morgan fingerprint density at radius 1 is 1.00 bits per heavy atom. The fourth-order valence-corrected chi connectivity index (χ4v) is 9.18. The average molecular weight is 641 g/mol. The van der Waals surface area contributed by atoms with E-state index in [2.05, 4.69) is 20.1 Å². The van der Waals surface area contributed by atoms with Crippen molar-refractivity contribution in [2.45, 2.75) is 70.4 Å². The van der Waals surface area contributed by atoms with Crippen molar-refractivity contribution in [1.29, 1.82) is 0 Å². The van der Waals surface area contributed by atoms with Crippen LogP contribution in [0.25, 0.3) is 32.9 Å². The van der Waals surface area contributed by atoms with Crippen LogP contribution in [0.5, 0.6) is 11.8 Å². The lowest BCUT2D eigenvalue weighted by molar-refractivity contribution is 0.110. The van der Waals surface area contributed by atoms with Gasteiger partial charge in [-0.05, 0) is 97.7 Å². The van der Waals surface area contributed by atoms with Gasteiger partial charge in [0.1, 0.15) is 28.6 Å². The van der Waals surface area contributed by atoms with Crippen molar-refractivity contribution in [1.82, 2.24) is 25.2 Å². The second-order valence-corrected chi connectivity index (χ2v) is 15.1. The number of likely N-dealkylation sites (tertiary alicyclic amines) is 1. The molecule has 2 saturated carbocycles. The number of phenolic OH excluding ortho intramolecular Hbond substituents is 1. The van der Waals surface area contributed by atoms with Crippen molar-refractivity contribution in [2.24, 2.45) is 17.3 Å². The summed E-state index contributed by atoms with van der Waals surface area (Å²) in [6.07, 6.45) is 10.6. The van der Waals surface area contributed by atoms with E-state index >= 15 is 4.39 Å². The zero-order valence-corrected chi connectivity index (χ0v) is 26.9. The number of piperidine rings is 1. The van der Waals surface area contributed by atoms with Crippen LogP contribution in [0.1, 0.15) is 57.4 Å². The summed E-state index contributed by atoms with van der Waals surface area (Å²) >= 11 is 0. The number of rotatable bonds is 8. The van der Waals surface area contributed by atoms with E-state index in [-0.39, 0.29) is 34.2 Å². The number of piperazine rings is 1. The van der Waals surface area contributed by atoms with Gasteiger partial charge in [-0.3, -0.25) is 4.98 Å². The third-order valence-corrected chi connectivity index (χ3v) is 11.6. The van der Waals surface area contributed by atoms with Crippen LogP contribution < -0.4 is 15.0 Å². The van der Waals surface area contributed by atoms with Crippen molar-refractivity contribution in [3.8, 4) is 23.0 Å². The molecule has 3 saturated heterocycles. The van der Waals surface area contributed by atoms with Gasteiger partial charge in [0.25, 0.3) is 0 Å². The number of aromatic nitrogens is 3. The quantitative estimate of drug-likeness (QED) is 0.235. The van der Waals surface area contributed by atoms with Crippen LogP contribution in [0.4, 0.5) is 14.6 Å². The Balaban J connectivity index is 1.11. The van der Waals surface area contributed by atoms with Gasteiger partial charge in [-0.1, -0.05) is 13.0 Å². The van der Waals surface area contributed by atoms with Crippen LogP contribution >= 0.6 is 0 Å². The first kappa shape index (κ1) is 29.5. The fraction of sp³-hybridized carbons (Fsp3) is 0.541. The highest BCUT2D eigenvalue weighted by atomic mass is 19.1. The molecule has 0 amide bonds. The number of phenols is 1. The molecule has 246 valence electrons. The van der Waals surface area contributed by atoms with Gasteiger partial charge < -0.3 is 25.0 Å². The lowest BCUT2D eigenvalue weighted by Gasteiger charge is -2.35. The maximum Gasteiger partial charge on any atom is 0.319 e. The molecule has 2 aromatic carbocycles. The highest BCUT2D eigenvalue weighted by molar-refractivity contribution is 6.01. The number of nitrogens with one attached hydrogen (secondary N) is 1. The minimum Gasteiger partial charge on any atom is -0.508 e. The molecule has 0 spiro atoms. The van der Waals surface area contributed by atoms with Crippen LogP contribution in [0.2, 0.25) is 0 Å². The number of pyridine rings is 1. The first-order valence-electron chi connectivity index (χ1n) is 17.5. The van der Waals surface area contributed by atoms with E-state index < -0.39 is 5.82 Å². The van der Waals surface area contributed by atoms with E-state index in [0.29, 0.717) is 58.2 Å². The fourth-order valence-electron chi connectivity index (χ4n) is 9.18. The number of halogens is 2. The van der Waals surface area contributed by atoms with E-state index in [4.69, 9.17) is 14.7 Å². The zero-order valence-electron chi connectivity index (χ0n) is 26.9. The molecule has 4 bridgehead atoms. The van der Waals surface area contributed by atoms with Gasteiger partial charge in [0.15, 0.2) is 5.82 Å². The smallest absolute Gasteiger partial charge is 0.319 e. The molecule has 10 heteroatoms. The molecule has 47 heavy (non-hydrogen) atoms. The molecule has 9 rings (SSSR count). The first-order chi connectivity index (χ1) is 22.8. The molecule has 0 radical (unpaired) electrons. The normalized spacial score (nSPS) is 26.4. The van der Waals surface area contributed by atoms with Gasteiger partial charge >= 0.3 is 6.01 Å². The Labute approximate surface area is 273 Å². The van der Waals surface area contributed by atoms with E-state index in [0.717, 1.165) is 57.2 Å². The molecule has 5 fully saturated rings. The highest BCUT2D eigenvalue weighted by Crippen LogP contribution is 2.48. The van der Waals surface area contributed by atoms with E-state index in [1.807, 2.05) is 6.92 Å². The number of hydrogen-bond donors (Lipinski definition) is 2. The number of hydrogen-bond acceptors (Lipinski definition) is 8. The molecule has 5 heterocycles. The Morgan fingerprint density at radius 3 is 2.49 bits per heavy atom. The monoisotopic (exact) mass is 640 g/mol. The molecule has 4 atom stereocenters. The summed E-state index contributed by atoms with van der Waals surface area (Å²) in [6, 6.07) is 6.94. The molecule has 2 unspecified atom stereocenters. The largest absolute Gasteiger partial charge is 0.508 e. The minimum atomic E-state index is -0.628. The number of benzene rings is 2. The van der Waals surface area contributed by atoms with Crippen LogP contribution in [-0.2, 0) is 6.42 Å². The van der Waals surface area contributed by atoms with Gasteiger partial charge in [-0.2, -0.15) is 9.97 Å². The summed E-state index contributed by atoms with van der Waals surface area (Å²) in [4.78, 5) is 19.1.